The SMILES string of the molecule is CCCCCCC(C)C(C)(C)P.I. The van der Waals surface area contributed by atoms with Crippen molar-refractivity contribution in [1.29, 1.82) is 0 Å². The van der Waals surface area contributed by atoms with Crippen LogP contribution in [0.5, 0.6) is 0 Å². The van der Waals surface area contributed by atoms with Crippen LogP contribution in [0.2, 0.25) is 0 Å². The van der Waals surface area contributed by atoms with Crippen molar-refractivity contribution in [3.8, 4) is 0 Å². The first-order valence-corrected chi connectivity index (χ1v) is 5.85. The summed E-state index contributed by atoms with van der Waals surface area (Å²) >= 11 is 0. The van der Waals surface area contributed by atoms with Crippen molar-refractivity contribution in [1.82, 2.24) is 0 Å². The minimum Gasteiger partial charge on any atom is -0.131 e. The first kappa shape index (κ1) is 16.6. The zero-order chi connectivity index (χ0) is 9.61. The van der Waals surface area contributed by atoms with Gasteiger partial charge in [-0.2, -0.15) is 0 Å². The minimum atomic E-state index is 0. The van der Waals surface area contributed by atoms with Crippen molar-refractivity contribution in [3.63, 3.8) is 0 Å². The fraction of sp³-hybridized carbons (Fsp3) is 1.00. The third-order valence-corrected chi connectivity index (χ3v) is 3.33. The first-order valence-electron chi connectivity index (χ1n) is 5.27. The monoisotopic (exact) mass is 316 g/mol. The lowest BCUT2D eigenvalue weighted by Gasteiger charge is -2.26. The summed E-state index contributed by atoms with van der Waals surface area (Å²) in [5.41, 5.74) is 0. The topological polar surface area (TPSA) is 0 Å². The molecule has 0 saturated carbocycles. The molecule has 2 atom stereocenters. The maximum atomic E-state index is 2.95. The Balaban J connectivity index is 0. The van der Waals surface area contributed by atoms with Crippen molar-refractivity contribution < 1.29 is 0 Å². The summed E-state index contributed by atoms with van der Waals surface area (Å²) in [5, 5.41) is 0.423. The van der Waals surface area contributed by atoms with E-state index in [0.29, 0.717) is 5.16 Å². The van der Waals surface area contributed by atoms with E-state index in [9.17, 15) is 0 Å². The summed E-state index contributed by atoms with van der Waals surface area (Å²) in [5.74, 6) is 0.833. The molecule has 0 nitrogen and oxygen atoms in total. The molecule has 0 spiro atoms. The Morgan fingerprint density at radius 3 is 2.08 bits per heavy atom. The lowest BCUT2D eigenvalue weighted by molar-refractivity contribution is 0.408. The number of halogens is 1. The molecule has 0 fully saturated rings. The average molecular weight is 316 g/mol. The van der Waals surface area contributed by atoms with Crippen molar-refractivity contribution in [3.05, 3.63) is 0 Å². The molecular weight excluding hydrogens is 290 g/mol. The van der Waals surface area contributed by atoms with E-state index in [1.54, 1.807) is 0 Å². The van der Waals surface area contributed by atoms with E-state index in [0.717, 1.165) is 5.92 Å². The van der Waals surface area contributed by atoms with Gasteiger partial charge in [0.25, 0.3) is 0 Å². The molecule has 13 heavy (non-hydrogen) atoms. The number of hydrogen-bond acceptors (Lipinski definition) is 0. The quantitative estimate of drug-likeness (QED) is 0.373. The highest BCUT2D eigenvalue weighted by Crippen LogP contribution is 2.30. The third kappa shape index (κ3) is 9.46. The van der Waals surface area contributed by atoms with Crippen LogP contribution in [0.25, 0.3) is 0 Å². The summed E-state index contributed by atoms with van der Waals surface area (Å²) in [6.07, 6.45) is 6.97. The molecule has 2 unspecified atom stereocenters. The predicted octanol–water partition coefficient (Wildman–Crippen LogP) is 4.86. The highest BCUT2D eigenvalue weighted by molar-refractivity contribution is 14.0. The van der Waals surface area contributed by atoms with Crippen LogP contribution >= 0.6 is 33.2 Å². The molecule has 0 bridgehead atoms. The number of hydrogen-bond donors (Lipinski definition) is 0. The molecule has 0 aromatic carbocycles. The molecule has 0 aromatic rings. The predicted molar refractivity (Wildman–Crippen MR) is 77.1 cm³/mol. The fourth-order valence-electron chi connectivity index (χ4n) is 1.25. The van der Waals surface area contributed by atoms with Crippen molar-refractivity contribution in [2.75, 3.05) is 0 Å². The van der Waals surface area contributed by atoms with Crippen LogP contribution in [0.3, 0.4) is 0 Å². The molecule has 0 radical (unpaired) electrons. The Bertz CT molecular complexity index is 107. The van der Waals surface area contributed by atoms with Crippen LogP contribution in [0.15, 0.2) is 0 Å². The zero-order valence-electron chi connectivity index (χ0n) is 9.60. The smallest absolute Gasteiger partial charge is 0.0181 e. The van der Waals surface area contributed by atoms with E-state index in [-0.39, 0.29) is 24.0 Å². The fourth-order valence-corrected chi connectivity index (χ4v) is 1.42. The Labute approximate surface area is 104 Å². The van der Waals surface area contributed by atoms with Crippen molar-refractivity contribution in [2.45, 2.75) is 65.0 Å². The van der Waals surface area contributed by atoms with Crippen LogP contribution in [0.1, 0.15) is 59.8 Å². The molecule has 2 heteroatoms. The molecule has 0 aliphatic carbocycles. The molecule has 0 saturated heterocycles. The van der Waals surface area contributed by atoms with Gasteiger partial charge in [-0.1, -0.05) is 53.4 Å². The second-order valence-corrected chi connectivity index (χ2v) is 6.06. The van der Waals surface area contributed by atoms with Crippen molar-refractivity contribution >= 4 is 33.2 Å². The Kier molecular flexibility index (Phi) is 10.8. The normalized spacial score (nSPS) is 13.6. The molecule has 0 N–H and O–H groups in total. The van der Waals surface area contributed by atoms with Gasteiger partial charge < -0.3 is 0 Å². The molecule has 0 amide bonds. The summed E-state index contributed by atoms with van der Waals surface area (Å²) < 4.78 is 0. The lowest BCUT2D eigenvalue weighted by atomic mass is 9.91. The largest absolute Gasteiger partial charge is 0.131 e. The molecule has 0 aliphatic rings. The first-order chi connectivity index (χ1) is 5.48. The molecular formula is C11H26IP. The van der Waals surface area contributed by atoms with E-state index in [1.165, 1.54) is 32.1 Å². The lowest BCUT2D eigenvalue weighted by Crippen LogP contribution is -2.20. The zero-order valence-corrected chi connectivity index (χ0v) is 13.1. The summed E-state index contributed by atoms with van der Waals surface area (Å²) in [4.78, 5) is 0. The molecule has 0 heterocycles. The van der Waals surface area contributed by atoms with Gasteiger partial charge in [-0.25, -0.2) is 0 Å². The standard InChI is InChI=1S/C11H25P.HI/c1-5-6-7-8-9-10(2)11(3,4)12;/h10H,5-9,12H2,1-4H3;1H. The van der Waals surface area contributed by atoms with Crippen LogP contribution in [0.4, 0.5) is 0 Å². The van der Waals surface area contributed by atoms with Gasteiger partial charge in [0.1, 0.15) is 0 Å². The van der Waals surface area contributed by atoms with E-state index in [1.807, 2.05) is 0 Å². The van der Waals surface area contributed by atoms with E-state index >= 15 is 0 Å². The van der Waals surface area contributed by atoms with Crippen LogP contribution < -0.4 is 0 Å². The Morgan fingerprint density at radius 1 is 1.15 bits per heavy atom. The maximum absolute atomic E-state index is 2.95. The molecule has 82 valence electrons. The van der Waals surface area contributed by atoms with Crippen LogP contribution in [-0.2, 0) is 0 Å². The van der Waals surface area contributed by atoms with Crippen LogP contribution in [0, 0.1) is 5.92 Å². The highest BCUT2D eigenvalue weighted by Gasteiger charge is 2.18. The maximum Gasteiger partial charge on any atom is -0.0181 e. The molecule has 0 aliphatic heterocycles. The van der Waals surface area contributed by atoms with Gasteiger partial charge in [-0.3, -0.25) is 0 Å². The highest BCUT2D eigenvalue weighted by atomic mass is 127. The third-order valence-electron chi connectivity index (χ3n) is 2.76. The number of unbranched alkanes of at least 4 members (excludes halogenated alkanes) is 3. The van der Waals surface area contributed by atoms with E-state index in [2.05, 4.69) is 36.9 Å². The minimum absolute atomic E-state index is 0. The second-order valence-electron chi connectivity index (χ2n) is 4.57. The van der Waals surface area contributed by atoms with Gasteiger partial charge in [-0.05, 0) is 17.5 Å². The molecule has 0 rings (SSSR count). The molecule has 0 aromatic heterocycles. The summed E-state index contributed by atoms with van der Waals surface area (Å²) in [6.45, 7) is 9.24. The summed E-state index contributed by atoms with van der Waals surface area (Å²) in [7, 11) is 2.95. The number of rotatable bonds is 6. The second kappa shape index (κ2) is 8.47. The van der Waals surface area contributed by atoms with Gasteiger partial charge in [0.05, 0.1) is 0 Å². The van der Waals surface area contributed by atoms with E-state index < -0.39 is 0 Å². The Hall–Kier alpha value is 1.16. The van der Waals surface area contributed by atoms with Gasteiger partial charge in [-0.15, -0.1) is 33.2 Å². The average Bonchev–Trinajstić information content (AvgIpc) is 1.96. The summed E-state index contributed by atoms with van der Waals surface area (Å²) in [6, 6.07) is 0. The van der Waals surface area contributed by atoms with Crippen molar-refractivity contribution in [2.24, 2.45) is 5.92 Å². The van der Waals surface area contributed by atoms with Gasteiger partial charge in [0.15, 0.2) is 0 Å². The van der Waals surface area contributed by atoms with Gasteiger partial charge in [0.2, 0.25) is 0 Å². The van der Waals surface area contributed by atoms with Crippen LogP contribution in [-0.4, -0.2) is 5.16 Å². The van der Waals surface area contributed by atoms with Gasteiger partial charge in [0, 0.05) is 0 Å². The van der Waals surface area contributed by atoms with E-state index in [4.69, 9.17) is 0 Å². The van der Waals surface area contributed by atoms with Gasteiger partial charge >= 0.3 is 0 Å². The Morgan fingerprint density at radius 2 is 1.69 bits per heavy atom.